The Balaban J connectivity index is 2.05. The lowest BCUT2D eigenvalue weighted by molar-refractivity contribution is -0.129. The Hall–Kier alpha value is -1.13. The van der Waals surface area contributed by atoms with Crippen LogP contribution in [-0.2, 0) is 4.79 Å². The van der Waals surface area contributed by atoms with E-state index in [-0.39, 0.29) is 30.2 Å². The SMILES string of the molecule is NC1CC(=O)N(C2CC2)C1c1c(F)cccc1Cl. The monoisotopic (exact) mass is 268 g/mol. The van der Waals surface area contributed by atoms with Crippen LogP contribution in [0.2, 0.25) is 5.02 Å². The predicted octanol–water partition coefficient (Wildman–Crippen LogP) is 2.24. The Labute approximate surface area is 110 Å². The summed E-state index contributed by atoms with van der Waals surface area (Å²) in [5.41, 5.74) is 6.37. The second-order valence-electron chi connectivity index (χ2n) is 4.98. The minimum Gasteiger partial charge on any atom is -0.331 e. The second kappa shape index (κ2) is 4.21. The largest absolute Gasteiger partial charge is 0.331 e. The molecule has 2 aliphatic rings. The molecule has 1 aliphatic carbocycles. The summed E-state index contributed by atoms with van der Waals surface area (Å²) in [4.78, 5) is 13.7. The highest BCUT2D eigenvalue weighted by Crippen LogP contribution is 2.43. The predicted molar refractivity (Wildman–Crippen MR) is 66.6 cm³/mol. The van der Waals surface area contributed by atoms with Crippen molar-refractivity contribution in [2.45, 2.75) is 37.4 Å². The van der Waals surface area contributed by atoms with Gasteiger partial charge in [0, 0.05) is 29.1 Å². The molecule has 3 rings (SSSR count). The molecule has 0 spiro atoms. The first-order valence-corrected chi connectivity index (χ1v) is 6.48. The number of hydrogen-bond acceptors (Lipinski definition) is 2. The van der Waals surface area contributed by atoms with E-state index in [4.69, 9.17) is 17.3 Å². The molecule has 1 aliphatic heterocycles. The van der Waals surface area contributed by atoms with Crippen LogP contribution in [0.5, 0.6) is 0 Å². The van der Waals surface area contributed by atoms with E-state index >= 15 is 0 Å². The number of benzene rings is 1. The average molecular weight is 269 g/mol. The molecule has 1 amide bonds. The highest BCUT2D eigenvalue weighted by molar-refractivity contribution is 6.31. The van der Waals surface area contributed by atoms with Crippen LogP contribution in [0, 0.1) is 5.82 Å². The number of rotatable bonds is 2. The van der Waals surface area contributed by atoms with Gasteiger partial charge in [0.05, 0.1) is 6.04 Å². The van der Waals surface area contributed by atoms with E-state index in [9.17, 15) is 9.18 Å². The van der Waals surface area contributed by atoms with Crippen LogP contribution in [-0.4, -0.2) is 22.9 Å². The van der Waals surface area contributed by atoms with Crippen molar-refractivity contribution in [1.29, 1.82) is 0 Å². The van der Waals surface area contributed by atoms with E-state index in [0.29, 0.717) is 10.6 Å². The van der Waals surface area contributed by atoms with E-state index in [1.54, 1.807) is 17.0 Å². The number of carbonyl (C=O) groups is 1. The molecule has 1 saturated heterocycles. The van der Waals surface area contributed by atoms with Crippen LogP contribution in [0.1, 0.15) is 30.9 Å². The summed E-state index contributed by atoms with van der Waals surface area (Å²) in [5.74, 6) is -0.377. The average Bonchev–Trinajstić information content (AvgIpc) is 3.07. The van der Waals surface area contributed by atoms with Crippen molar-refractivity contribution in [2.75, 3.05) is 0 Å². The van der Waals surface area contributed by atoms with Crippen LogP contribution in [0.4, 0.5) is 4.39 Å². The number of hydrogen-bond donors (Lipinski definition) is 1. The molecule has 2 N–H and O–H groups in total. The molecule has 2 fully saturated rings. The zero-order valence-electron chi connectivity index (χ0n) is 9.77. The van der Waals surface area contributed by atoms with Crippen LogP contribution >= 0.6 is 11.6 Å². The Morgan fingerprint density at radius 2 is 2.11 bits per heavy atom. The van der Waals surface area contributed by atoms with E-state index in [2.05, 4.69) is 0 Å². The third-order valence-corrected chi connectivity index (χ3v) is 3.97. The number of amides is 1. The lowest BCUT2D eigenvalue weighted by Crippen LogP contribution is -2.35. The fraction of sp³-hybridized carbons (Fsp3) is 0.462. The van der Waals surface area contributed by atoms with Crippen molar-refractivity contribution < 1.29 is 9.18 Å². The maximum Gasteiger partial charge on any atom is 0.225 e. The molecule has 1 aromatic carbocycles. The first kappa shape index (κ1) is 11.9. The number of nitrogens with zero attached hydrogens (tertiary/aromatic N) is 1. The molecule has 0 radical (unpaired) electrons. The molecular weight excluding hydrogens is 255 g/mol. The van der Waals surface area contributed by atoms with Crippen molar-refractivity contribution in [3.05, 3.63) is 34.6 Å². The molecule has 2 atom stereocenters. The molecule has 18 heavy (non-hydrogen) atoms. The highest BCUT2D eigenvalue weighted by Gasteiger charge is 2.47. The minimum atomic E-state index is -0.418. The van der Waals surface area contributed by atoms with Gasteiger partial charge in [-0.05, 0) is 25.0 Å². The number of halogens is 2. The summed E-state index contributed by atoms with van der Waals surface area (Å²) in [6.07, 6.45) is 2.22. The molecule has 1 saturated carbocycles. The Kier molecular flexibility index (Phi) is 2.79. The smallest absolute Gasteiger partial charge is 0.225 e. The summed E-state index contributed by atoms with van der Waals surface area (Å²) in [5, 5.41) is 0.343. The summed E-state index contributed by atoms with van der Waals surface area (Å²) >= 11 is 6.08. The molecule has 1 aromatic rings. The lowest BCUT2D eigenvalue weighted by Gasteiger charge is -2.28. The zero-order chi connectivity index (χ0) is 12.9. The van der Waals surface area contributed by atoms with Gasteiger partial charge in [0.1, 0.15) is 5.82 Å². The maximum absolute atomic E-state index is 14.0. The zero-order valence-corrected chi connectivity index (χ0v) is 10.5. The number of nitrogens with two attached hydrogens (primary N) is 1. The summed E-state index contributed by atoms with van der Waals surface area (Å²) in [6, 6.07) is 3.98. The third kappa shape index (κ3) is 1.80. The Bertz CT molecular complexity index is 484. The summed E-state index contributed by atoms with van der Waals surface area (Å²) in [7, 11) is 0. The van der Waals surface area contributed by atoms with Crippen LogP contribution in [0.25, 0.3) is 0 Å². The Morgan fingerprint density at radius 3 is 2.72 bits per heavy atom. The van der Waals surface area contributed by atoms with Crippen LogP contribution in [0.3, 0.4) is 0 Å². The van der Waals surface area contributed by atoms with Crippen molar-refractivity contribution in [3.63, 3.8) is 0 Å². The number of carbonyl (C=O) groups excluding carboxylic acids is 1. The topological polar surface area (TPSA) is 46.3 Å². The highest BCUT2D eigenvalue weighted by atomic mass is 35.5. The van der Waals surface area contributed by atoms with Gasteiger partial charge < -0.3 is 10.6 Å². The van der Waals surface area contributed by atoms with Crippen LogP contribution < -0.4 is 5.73 Å². The second-order valence-corrected chi connectivity index (χ2v) is 5.39. The Morgan fingerprint density at radius 1 is 1.39 bits per heavy atom. The fourth-order valence-electron chi connectivity index (χ4n) is 2.71. The van der Waals surface area contributed by atoms with E-state index in [1.807, 2.05) is 0 Å². The maximum atomic E-state index is 14.0. The fourth-order valence-corrected chi connectivity index (χ4v) is 2.98. The normalized spacial score (nSPS) is 27.9. The van der Waals surface area contributed by atoms with Gasteiger partial charge in [-0.3, -0.25) is 4.79 Å². The lowest BCUT2D eigenvalue weighted by atomic mass is 10.00. The van der Waals surface area contributed by atoms with Crippen molar-refractivity contribution in [1.82, 2.24) is 4.90 Å². The van der Waals surface area contributed by atoms with Gasteiger partial charge in [0.25, 0.3) is 0 Å². The third-order valence-electron chi connectivity index (χ3n) is 3.64. The van der Waals surface area contributed by atoms with Crippen molar-refractivity contribution >= 4 is 17.5 Å². The van der Waals surface area contributed by atoms with Gasteiger partial charge in [-0.2, -0.15) is 0 Å². The van der Waals surface area contributed by atoms with Gasteiger partial charge >= 0.3 is 0 Å². The number of likely N-dealkylation sites (tertiary alicyclic amines) is 1. The van der Waals surface area contributed by atoms with E-state index < -0.39 is 6.04 Å². The molecule has 96 valence electrons. The summed E-state index contributed by atoms with van der Waals surface area (Å²) < 4.78 is 14.0. The van der Waals surface area contributed by atoms with Crippen molar-refractivity contribution in [2.24, 2.45) is 5.73 Å². The molecule has 5 heteroatoms. The van der Waals surface area contributed by atoms with Gasteiger partial charge in [0.15, 0.2) is 0 Å². The minimum absolute atomic E-state index is 0.00863. The molecule has 0 aromatic heterocycles. The first-order chi connectivity index (χ1) is 8.59. The quantitative estimate of drug-likeness (QED) is 0.894. The van der Waals surface area contributed by atoms with Gasteiger partial charge in [0.2, 0.25) is 5.91 Å². The van der Waals surface area contributed by atoms with Gasteiger partial charge in [-0.15, -0.1) is 0 Å². The molecule has 3 nitrogen and oxygen atoms in total. The van der Waals surface area contributed by atoms with E-state index in [0.717, 1.165) is 12.8 Å². The molecule has 0 bridgehead atoms. The standard InChI is InChI=1S/C13H14ClFN2O/c14-8-2-1-3-9(15)12(8)13-10(16)6-11(18)17(13)7-4-5-7/h1-3,7,10,13H,4-6,16H2. The molecular formula is C13H14ClFN2O. The van der Waals surface area contributed by atoms with Crippen LogP contribution in [0.15, 0.2) is 18.2 Å². The van der Waals surface area contributed by atoms with Gasteiger partial charge in [-0.25, -0.2) is 4.39 Å². The van der Waals surface area contributed by atoms with Crippen molar-refractivity contribution in [3.8, 4) is 0 Å². The first-order valence-electron chi connectivity index (χ1n) is 6.10. The van der Waals surface area contributed by atoms with Gasteiger partial charge in [-0.1, -0.05) is 17.7 Å². The summed E-state index contributed by atoms with van der Waals surface area (Å²) in [6.45, 7) is 0. The van der Waals surface area contributed by atoms with E-state index in [1.165, 1.54) is 6.07 Å². The molecule has 2 unspecified atom stereocenters. The molecule has 1 heterocycles.